The summed E-state index contributed by atoms with van der Waals surface area (Å²) in [5.41, 5.74) is 0. The molecule has 115 heavy (non-hydrogen) atoms. The lowest BCUT2D eigenvalue weighted by Crippen LogP contribution is -2.66. The second kappa shape index (κ2) is 75.7. The fourth-order valence-corrected chi connectivity index (χ4v) is 16.7. The Bertz CT molecular complexity index is 2210. The predicted octanol–water partition coefficient (Wildman–Crippen LogP) is 19.8. The zero-order valence-corrected chi connectivity index (χ0v) is 73.6. The summed E-state index contributed by atoms with van der Waals surface area (Å²) >= 11 is 0. The highest BCUT2D eigenvalue weighted by Crippen LogP contribution is 2.34. The Morgan fingerprint density at radius 1 is 0.304 bits per heavy atom. The van der Waals surface area contributed by atoms with Crippen molar-refractivity contribution in [2.24, 2.45) is 0 Å². The third-order valence-electron chi connectivity index (χ3n) is 24.4. The van der Waals surface area contributed by atoms with Gasteiger partial charge in [-0.3, -0.25) is 4.79 Å². The third-order valence-corrected chi connectivity index (χ3v) is 24.4. The van der Waals surface area contributed by atoms with Crippen molar-refractivity contribution in [3.8, 4) is 0 Å². The molecule has 17 atom stereocenters. The maximum atomic E-state index is 13.5. The molecule has 0 aromatic heterocycles. The normalized spacial score (nSPS) is 24.7. The van der Waals surface area contributed by atoms with Gasteiger partial charge in [0.05, 0.1) is 38.6 Å². The summed E-state index contributed by atoms with van der Waals surface area (Å²) < 4.78 is 34.6. The van der Waals surface area contributed by atoms with Gasteiger partial charge in [-0.05, 0) is 57.8 Å². The number of aliphatic hydroxyl groups is 11. The van der Waals surface area contributed by atoms with Gasteiger partial charge in [0.15, 0.2) is 18.9 Å². The first-order valence-corrected chi connectivity index (χ1v) is 48.7. The molecule has 0 aliphatic carbocycles. The van der Waals surface area contributed by atoms with Gasteiger partial charge in [0, 0.05) is 6.42 Å². The largest absolute Gasteiger partial charge is 0.394 e. The first-order chi connectivity index (χ1) is 56.3. The topological polar surface area (TPSA) is 307 Å². The van der Waals surface area contributed by atoms with Crippen molar-refractivity contribution >= 4 is 5.91 Å². The summed E-state index contributed by atoms with van der Waals surface area (Å²) in [6.45, 7) is 1.80. The number of aliphatic hydroxyl groups excluding tert-OH is 11. The smallest absolute Gasteiger partial charge is 0.220 e. The van der Waals surface area contributed by atoms with Crippen LogP contribution in [0.25, 0.3) is 0 Å². The number of hydrogen-bond donors (Lipinski definition) is 12. The van der Waals surface area contributed by atoms with Crippen LogP contribution < -0.4 is 5.32 Å². The van der Waals surface area contributed by atoms with Crippen LogP contribution >= 0.6 is 0 Å². The first kappa shape index (κ1) is 107. The SMILES string of the molecule is CCCCCCCCCC/C=C\CCCCCCCCCCCCCCCCCCCCCCCCCCCCCC(=O)NC(COC1OC(CO)C(OC2OC(CO)C(OC3OC(CO)C(O)C(O)C3O)C(O)C2O)C(O)C1O)C(O)/C=C/CC/C=C/CCCCCCCCCCCCCCCCCCCCCCCCCCC. The van der Waals surface area contributed by atoms with E-state index in [1.54, 1.807) is 6.08 Å². The van der Waals surface area contributed by atoms with Crippen LogP contribution in [0.3, 0.4) is 0 Å². The Kier molecular flexibility index (Phi) is 70.6. The van der Waals surface area contributed by atoms with Gasteiger partial charge in [0.25, 0.3) is 0 Å². The van der Waals surface area contributed by atoms with Crippen molar-refractivity contribution in [1.29, 1.82) is 0 Å². The lowest BCUT2D eigenvalue weighted by atomic mass is 9.96. The summed E-state index contributed by atoms with van der Waals surface area (Å²) in [5, 5.41) is 121. The molecule has 3 fully saturated rings. The summed E-state index contributed by atoms with van der Waals surface area (Å²) in [6, 6.07) is -0.991. The van der Waals surface area contributed by atoms with Crippen LogP contribution in [0, 0.1) is 0 Å². The first-order valence-electron chi connectivity index (χ1n) is 48.7. The van der Waals surface area contributed by atoms with Gasteiger partial charge in [0.1, 0.15) is 73.2 Å². The fraction of sp³-hybridized carbons (Fsp3) is 0.927. The van der Waals surface area contributed by atoms with Crippen molar-refractivity contribution in [1.82, 2.24) is 5.32 Å². The number of nitrogens with one attached hydrogen (secondary N) is 1. The highest BCUT2D eigenvalue weighted by Gasteiger charge is 2.54. The summed E-state index contributed by atoms with van der Waals surface area (Å²) in [5.74, 6) is -0.276. The van der Waals surface area contributed by atoms with Gasteiger partial charge in [-0.1, -0.05) is 410 Å². The Hall–Kier alpha value is -1.99. The summed E-state index contributed by atoms with van der Waals surface area (Å²) in [4.78, 5) is 13.5. The van der Waals surface area contributed by atoms with E-state index in [2.05, 4.69) is 43.5 Å². The average molecular weight is 1640 g/mol. The van der Waals surface area contributed by atoms with Crippen LogP contribution in [-0.4, -0.2) is 193 Å². The number of ether oxygens (including phenoxy) is 6. The van der Waals surface area contributed by atoms with Gasteiger partial charge < -0.3 is 89.9 Å². The van der Waals surface area contributed by atoms with Crippen molar-refractivity contribution in [2.75, 3.05) is 26.4 Å². The molecule has 678 valence electrons. The van der Waals surface area contributed by atoms with E-state index in [0.717, 1.165) is 38.5 Å². The van der Waals surface area contributed by atoms with Crippen molar-refractivity contribution < 1.29 is 89.4 Å². The highest BCUT2D eigenvalue weighted by molar-refractivity contribution is 5.76. The number of carbonyl (C=O) groups is 1. The molecule has 1 amide bonds. The van der Waals surface area contributed by atoms with E-state index in [9.17, 15) is 61.0 Å². The second-order valence-electron chi connectivity index (χ2n) is 34.9. The number of unbranched alkanes of at least 4 members (excludes halogenated alkanes) is 61. The van der Waals surface area contributed by atoms with E-state index in [-0.39, 0.29) is 18.9 Å². The molecule has 12 N–H and O–H groups in total. The van der Waals surface area contributed by atoms with Crippen LogP contribution in [0.2, 0.25) is 0 Å². The van der Waals surface area contributed by atoms with Gasteiger partial charge in [0.2, 0.25) is 5.91 Å². The van der Waals surface area contributed by atoms with Crippen molar-refractivity contribution in [3.05, 3.63) is 36.5 Å². The van der Waals surface area contributed by atoms with Crippen LogP contribution in [0.15, 0.2) is 36.5 Å². The molecule has 19 nitrogen and oxygen atoms in total. The molecule has 17 unspecified atom stereocenters. The van der Waals surface area contributed by atoms with Crippen LogP contribution in [0.1, 0.15) is 438 Å². The Morgan fingerprint density at radius 2 is 0.557 bits per heavy atom. The van der Waals surface area contributed by atoms with Gasteiger partial charge in [-0.25, -0.2) is 0 Å². The number of allylic oxidation sites excluding steroid dienone is 5. The third kappa shape index (κ3) is 53.6. The Morgan fingerprint density at radius 3 is 0.870 bits per heavy atom. The molecule has 0 aromatic rings. The lowest BCUT2D eigenvalue weighted by molar-refractivity contribution is -0.379. The molecular weight excluding hydrogens is 1460 g/mol. The van der Waals surface area contributed by atoms with E-state index >= 15 is 0 Å². The van der Waals surface area contributed by atoms with Gasteiger partial charge >= 0.3 is 0 Å². The van der Waals surface area contributed by atoms with Crippen LogP contribution in [0.4, 0.5) is 0 Å². The predicted molar refractivity (Wildman–Crippen MR) is 466 cm³/mol. The van der Waals surface area contributed by atoms with Crippen molar-refractivity contribution in [2.45, 2.75) is 542 Å². The number of hydrogen-bond acceptors (Lipinski definition) is 18. The quantitative estimate of drug-likeness (QED) is 0.0199. The molecule has 0 aromatic carbocycles. The minimum atomic E-state index is -1.98. The Labute approximate surface area is 701 Å². The molecule has 3 heterocycles. The number of amides is 1. The van der Waals surface area contributed by atoms with Crippen molar-refractivity contribution in [3.63, 3.8) is 0 Å². The summed E-state index contributed by atoms with van der Waals surface area (Å²) in [6.07, 6.45) is 71.9. The number of rotatable bonds is 81. The van der Waals surface area contributed by atoms with E-state index in [4.69, 9.17) is 28.4 Å². The molecular formula is C96H181NO18. The molecule has 3 aliphatic rings. The molecule has 0 bridgehead atoms. The zero-order valence-electron chi connectivity index (χ0n) is 73.6. The second-order valence-corrected chi connectivity index (χ2v) is 34.9. The monoisotopic (exact) mass is 1640 g/mol. The molecule has 19 heteroatoms. The van der Waals surface area contributed by atoms with E-state index in [1.807, 2.05) is 6.08 Å². The van der Waals surface area contributed by atoms with E-state index in [1.165, 1.54) is 366 Å². The fourth-order valence-electron chi connectivity index (χ4n) is 16.7. The standard InChI is InChI=1S/C96H181NO18/c1-3-5-7-9-11-13-15-17-19-21-23-25-27-29-31-33-35-36-37-38-39-40-41-42-44-46-48-50-52-54-56-58-60-62-64-66-68-70-72-74-84(102)97-79(80(101)73-71-69-67-65-63-61-59-57-55-53-51-49-47-45-43-34-32-30-28-26-24-22-20-18-16-14-12-10-8-6-4-2)78-110-94-90(108)87(105)92(82(76-99)112-94)115-96-91(109)88(106)93(83(77-100)113-96)114-95-89(107)86(104)85(103)81(75-98)111-95/h21,23,63,65,71,73,79-83,85-96,98-101,103-109H,3-20,22,24-62,64,66-70,72,74-78H2,1-2H3,(H,97,102)/b23-21-,65-63+,73-71+. The molecule has 0 radical (unpaired) electrons. The zero-order chi connectivity index (χ0) is 83.1. The molecule has 3 rings (SSSR count). The molecule has 3 saturated heterocycles. The van der Waals surface area contributed by atoms with Crippen LogP contribution in [0.5, 0.6) is 0 Å². The molecule has 0 saturated carbocycles. The minimum Gasteiger partial charge on any atom is -0.394 e. The summed E-state index contributed by atoms with van der Waals surface area (Å²) in [7, 11) is 0. The average Bonchev–Trinajstić information content (AvgIpc) is 0.779. The van der Waals surface area contributed by atoms with Crippen LogP contribution in [-0.2, 0) is 33.2 Å². The molecule has 3 aliphatic heterocycles. The highest BCUT2D eigenvalue weighted by atomic mass is 16.8. The minimum absolute atomic E-state index is 0.240. The van der Waals surface area contributed by atoms with Gasteiger partial charge in [-0.2, -0.15) is 0 Å². The molecule has 0 spiro atoms. The maximum absolute atomic E-state index is 13.5. The van der Waals surface area contributed by atoms with Gasteiger partial charge in [-0.15, -0.1) is 0 Å². The van der Waals surface area contributed by atoms with E-state index < -0.39 is 124 Å². The van der Waals surface area contributed by atoms with E-state index in [0.29, 0.717) is 12.8 Å². The lowest BCUT2D eigenvalue weighted by Gasteiger charge is -2.48. The Balaban J connectivity index is 1.30. The maximum Gasteiger partial charge on any atom is 0.220 e. The number of carbonyl (C=O) groups excluding carboxylic acids is 1.